The van der Waals surface area contributed by atoms with Crippen LogP contribution >= 0.6 is 0 Å². The number of benzene rings is 1. The highest BCUT2D eigenvalue weighted by atomic mass is 19.1. The Hall–Kier alpha value is -2.71. The van der Waals surface area contributed by atoms with Crippen LogP contribution in [0.2, 0.25) is 0 Å². The predicted octanol–water partition coefficient (Wildman–Crippen LogP) is 1.85. The van der Waals surface area contributed by atoms with E-state index >= 15 is 0 Å². The summed E-state index contributed by atoms with van der Waals surface area (Å²) in [6.07, 6.45) is 3.12. The fraction of sp³-hybridized carbons (Fsp3) is 0.294. The number of hydrazine groups is 1. The summed E-state index contributed by atoms with van der Waals surface area (Å²) in [4.78, 5) is 15.9. The van der Waals surface area contributed by atoms with E-state index in [0.717, 1.165) is 0 Å². The molecule has 132 valence electrons. The number of aromatic nitrogens is 1. The molecule has 0 radical (unpaired) electrons. The summed E-state index contributed by atoms with van der Waals surface area (Å²) in [6, 6.07) is 7.41. The standard InChI is InChI=1S/C17H20FN5O2/c1-11(22-17(24)23-13-8-20-21-9-13)12-4-5-16(15(18)7-12)25-14-3-2-6-19-10-14/h2-7,10-11,13,20-21H,8-9H2,1H3,(H2,22,23,24). The van der Waals surface area contributed by atoms with Gasteiger partial charge in [-0.1, -0.05) is 6.07 Å². The summed E-state index contributed by atoms with van der Waals surface area (Å²) >= 11 is 0. The van der Waals surface area contributed by atoms with Crippen molar-refractivity contribution in [3.8, 4) is 11.5 Å². The Morgan fingerprint density at radius 3 is 2.84 bits per heavy atom. The normalized spacial score (nSPS) is 15.6. The topological polar surface area (TPSA) is 87.3 Å². The molecule has 1 fully saturated rings. The lowest BCUT2D eigenvalue weighted by molar-refractivity contribution is 0.235. The second-order valence-electron chi connectivity index (χ2n) is 5.78. The Morgan fingerprint density at radius 1 is 1.36 bits per heavy atom. The third-order valence-electron chi connectivity index (χ3n) is 3.82. The average molecular weight is 345 g/mol. The van der Waals surface area contributed by atoms with Crippen molar-refractivity contribution in [2.45, 2.75) is 19.0 Å². The lowest BCUT2D eigenvalue weighted by Crippen LogP contribution is -2.45. The van der Waals surface area contributed by atoms with Gasteiger partial charge in [-0.3, -0.25) is 15.8 Å². The average Bonchev–Trinajstić information content (AvgIpc) is 3.10. The molecule has 4 N–H and O–H groups in total. The van der Waals surface area contributed by atoms with Crippen LogP contribution in [0.15, 0.2) is 42.7 Å². The van der Waals surface area contributed by atoms with E-state index in [0.29, 0.717) is 24.4 Å². The van der Waals surface area contributed by atoms with Gasteiger partial charge in [0.25, 0.3) is 0 Å². The first-order valence-corrected chi connectivity index (χ1v) is 8.02. The Kier molecular flexibility index (Phi) is 5.42. The van der Waals surface area contributed by atoms with Crippen molar-refractivity contribution in [3.63, 3.8) is 0 Å². The number of hydrogen-bond donors (Lipinski definition) is 4. The molecule has 1 aliphatic heterocycles. The first-order valence-electron chi connectivity index (χ1n) is 8.02. The maximum Gasteiger partial charge on any atom is 0.315 e. The largest absolute Gasteiger partial charge is 0.453 e. The third-order valence-corrected chi connectivity index (χ3v) is 3.82. The molecule has 25 heavy (non-hydrogen) atoms. The van der Waals surface area contributed by atoms with E-state index in [4.69, 9.17) is 4.74 Å². The number of carbonyl (C=O) groups is 1. The van der Waals surface area contributed by atoms with E-state index in [1.165, 1.54) is 12.3 Å². The van der Waals surface area contributed by atoms with Crippen LogP contribution < -0.4 is 26.2 Å². The Bertz CT molecular complexity index is 722. The van der Waals surface area contributed by atoms with E-state index in [1.807, 2.05) is 0 Å². The molecule has 0 spiro atoms. The highest BCUT2D eigenvalue weighted by Gasteiger charge is 2.18. The van der Waals surface area contributed by atoms with Gasteiger partial charge in [0.05, 0.1) is 18.3 Å². The van der Waals surface area contributed by atoms with Crippen LogP contribution in [-0.2, 0) is 0 Å². The first-order chi connectivity index (χ1) is 12.1. The fourth-order valence-electron chi connectivity index (χ4n) is 2.48. The fourth-order valence-corrected chi connectivity index (χ4v) is 2.48. The highest BCUT2D eigenvalue weighted by Crippen LogP contribution is 2.26. The second-order valence-corrected chi connectivity index (χ2v) is 5.78. The highest BCUT2D eigenvalue weighted by molar-refractivity contribution is 5.74. The summed E-state index contributed by atoms with van der Waals surface area (Å²) in [5.41, 5.74) is 6.52. The van der Waals surface area contributed by atoms with Gasteiger partial charge in [-0.2, -0.15) is 0 Å². The quantitative estimate of drug-likeness (QED) is 0.664. The summed E-state index contributed by atoms with van der Waals surface area (Å²) in [6.45, 7) is 3.12. The van der Waals surface area contributed by atoms with E-state index in [2.05, 4.69) is 26.5 Å². The number of amides is 2. The minimum atomic E-state index is -0.500. The van der Waals surface area contributed by atoms with Crippen LogP contribution in [0.25, 0.3) is 0 Å². The molecule has 1 saturated heterocycles. The zero-order valence-corrected chi connectivity index (χ0v) is 13.8. The monoisotopic (exact) mass is 345 g/mol. The van der Waals surface area contributed by atoms with Gasteiger partial charge in [0.15, 0.2) is 11.6 Å². The molecule has 2 amide bonds. The van der Waals surface area contributed by atoms with Gasteiger partial charge < -0.3 is 15.4 Å². The molecule has 3 rings (SSSR count). The number of halogens is 1. The number of hydrogen-bond acceptors (Lipinski definition) is 5. The van der Waals surface area contributed by atoms with Gasteiger partial charge in [-0.15, -0.1) is 0 Å². The number of nitrogens with one attached hydrogen (secondary N) is 4. The lowest BCUT2D eigenvalue weighted by atomic mass is 10.1. The number of ether oxygens (including phenoxy) is 1. The summed E-state index contributed by atoms with van der Waals surface area (Å²) in [5.74, 6) is 0.0644. The van der Waals surface area contributed by atoms with Crippen molar-refractivity contribution in [1.29, 1.82) is 0 Å². The van der Waals surface area contributed by atoms with Gasteiger partial charge in [0.1, 0.15) is 5.75 Å². The Labute approximate surface area is 145 Å². The van der Waals surface area contributed by atoms with Crippen molar-refractivity contribution in [2.75, 3.05) is 13.1 Å². The van der Waals surface area contributed by atoms with E-state index in [9.17, 15) is 9.18 Å². The minimum absolute atomic E-state index is 0.0270. The lowest BCUT2D eigenvalue weighted by Gasteiger charge is -2.18. The van der Waals surface area contributed by atoms with E-state index < -0.39 is 5.82 Å². The van der Waals surface area contributed by atoms with Crippen molar-refractivity contribution < 1.29 is 13.9 Å². The van der Waals surface area contributed by atoms with E-state index in [1.54, 1.807) is 37.4 Å². The second kappa shape index (κ2) is 7.91. The molecule has 0 saturated carbocycles. The van der Waals surface area contributed by atoms with Crippen LogP contribution in [0.5, 0.6) is 11.5 Å². The molecule has 1 aromatic carbocycles. The van der Waals surface area contributed by atoms with Crippen LogP contribution in [0.3, 0.4) is 0 Å². The van der Waals surface area contributed by atoms with Crippen molar-refractivity contribution in [2.24, 2.45) is 0 Å². The van der Waals surface area contributed by atoms with Gasteiger partial charge in [-0.25, -0.2) is 9.18 Å². The molecule has 1 aromatic heterocycles. The zero-order valence-electron chi connectivity index (χ0n) is 13.8. The smallest absolute Gasteiger partial charge is 0.315 e. The predicted molar refractivity (Wildman–Crippen MR) is 90.6 cm³/mol. The van der Waals surface area contributed by atoms with Crippen LogP contribution in [-0.4, -0.2) is 30.1 Å². The number of nitrogens with zero attached hydrogens (tertiary/aromatic N) is 1. The van der Waals surface area contributed by atoms with Gasteiger partial charge in [0.2, 0.25) is 0 Å². The van der Waals surface area contributed by atoms with Crippen LogP contribution in [0.4, 0.5) is 9.18 Å². The summed E-state index contributed by atoms with van der Waals surface area (Å²) < 4.78 is 19.7. The number of rotatable bonds is 5. The first kappa shape index (κ1) is 17.1. The SMILES string of the molecule is CC(NC(=O)NC1CNNC1)c1ccc(Oc2cccnc2)c(F)c1. The molecule has 1 atom stereocenters. The van der Waals surface area contributed by atoms with Crippen molar-refractivity contribution in [1.82, 2.24) is 26.5 Å². The number of pyridine rings is 1. The summed E-state index contributed by atoms with van der Waals surface area (Å²) in [5, 5.41) is 5.63. The molecule has 7 nitrogen and oxygen atoms in total. The Balaban J connectivity index is 1.60. The molecule has 0 bridgehead atoms. The van der Waals surface area contributed by atoms with Crippen molar-refractivity contribution >= 4 is 6.03 Å². The maximum atomic E-state index is 14.3. The number of urea groups is 1. The van der Waals surface area contributed by atoms with E-state index in [-0.39, 0.29) is 23.9 Å². The van der Waals surface area contributed by atoms with Crippen LogP contribution in [0.1, 0.15) is 18.5 Å². The molecule has 2 aromatic rings. The molecule has 0 aliphatic carbocycles. The molecule has 1 unspecified atom stereocenters. The zero-order chi connectivity index (χ0) is 17.6. The third kappa shape index (κ3) is 4.65. The molecule has 8 heteroatoms. The molecule has 2 heterocycles. The van der Waals surface area contributed by atoms with Gasteiger partial charge >= 0.3 is 6.03 Å². The maximum absolute atomic E-state index is 14.3. The van der Waals surface area contributed by atoms with Gasteiger partial charge in [0, 0.05) is 19.3 Å². The minimum Gasteiger partial charge on any atom is -0.453 e. The van der Waals surface area contributed by atoms with Gasteiger partial charge in [-0.05, 0) is 36.8 Å². The number of carbonyl (C=O) groups excluding carboxylic acids is 1. The van der Waals surface area contributed by atoms with Crippen LogP contribution in [0, 0.1) is 5.82 Å². The molecular weight excluding hydrogens is 325 g/mol. The summed E-state index contributed by atoms with van der Waals surface area (Å²) in [7, 11) is 0. The Morgan fingerprint density at radius 2 is 2.16 bits per heavy atom. The van der Waals surface area contributed by atoms with Crippen molar-refractivity contribution in [3.05, 3.63) is 54.1 Å². The molecular formula is C17H20FN5O2. The molecule has 1 aliphatic rings.